The second-order valence-corrected chi connectivity index (χ2v) is 8.90. The maximum atomic E-state index is 15.3. The molecule has 2 aromatic carbocycles. The molecule has 2 aliphatic heterocycles. The van der Waals surface area contributed by atoms with Gasteiger partial charge in [0.1, 0.15) is 11.6 Å². The van der Waals surface area contributed by atoms with Gasteiger partial charge >= 0.3 is 6.18 Å². The first kappa shape index (κ1) is 23.8. The van der Waals surface area contributed by atoms with Crippen LogP contribution in [0.25, 0.3) is 6.08 Å². The van der Waals surface area contributed by atoms with E-state index in [1.165, 1.54) is 12.1 Å². The Morgan fingerprint density at radius 2 is 1.73 bits per heavy atom. The van der Waals surface area contributed by atoms with Crippen molar-refractivity contribution in [3.05, 3.63) is 75.9 Å². The quantitative estimate of drug-likeness (QED) is 0.486. The zero-order valence-corrected chi connectivity index (χ0v) is 18.3. The van der Waals surface area contributed by atoms with Crippen LogP contribution < -0.4 is 0 Å². The molecule has 1 saturated heterocycles. The molecule has 0 aliphatic carbocycles. The van der Waals surface area contributed by atoms with Crippen molar-refractivity contribution in [3.63, 3.8) is 0 Å². The monoisotopic (exact) mass is 468 g/mol. The van der Waals surface area contributed by atoms with Gasteiger partial charge in [0.25, 0.3) is 0 Å². The van der Waals surface area contributed by atoms with Gasteiger partial charge in [-0.15, -0.1) is 0 Å². The van der Waals surface area contributed by atoms with Crippen LogP contribution >= 0.6 is 0 Å². The van der Waals surface area contributed by atoms with Crippen LogP contribution in [0.15, 0.2) is 42.0 Å². The minimum absolute atomic E-state index is 0.327. The molecule has 0 amide bonds. The molecule has 2 nitrogen and oxygen atoms in total. The first-order chi connectivity index (χ1) is 15.7. The first-order valence-electron chi connectivity index (χ1n) is 11.0. The highest BCUT2D eigenvalue weighted by Crippen LogP contribution is 2.41. The topological polar surface area (TPSA) is 6.48 Å². The molecule has 2 aliphatic rings. The van der Waals surface area contributed by atoms with Crippen LogP contribution in [0.1, 0.15) is 41.6 Å². The van der Waals surface area contributed by atoms with Gasteiger partial charge in [-0.1, -0.05) is 30.3 Å². The number of nitrogens with zero attached hydrogens (tertiary/aromatic N) is 2. The van der Waals surface area contributed by atoms with E-state index in [9.17, 15) is 17.6 Å². The predicted molar refractivity (Wildman–Crippen MR) is 116 cm³/mol. The minimum Gasteiger partial charge on any atom is -0.295 e. The zero-order valence-electron chi connectivity index (χ0n) is 18.3. The highest BCUT2D eigenvalue weighted by molar-refractivity contribution is 5.57. The van der Waals surface area contributed by atoms with Gasteiger partial charge in [-0.25, -0.2) is 8.78 Å². The molecular formula is C25H26F6N2. The summed E-state index contributed by atoms with van der Waals surface area (Å²) in [6, 6.07) is 7.54. The summed E-state index contributed by atoms with van der Waals surface area (Å²) in [5.74, 6) is -1.73. The number of likely N-dealkylation sites (tertiary alicyclic amines) is 1. The number of hydrogen-bond acceptors (Lipinski definition) is 2. The molecular weight excluding hydrogens is 442 g/mol. The van der Waals surface area contributed by atoms with Gasteiger partial charge in [-0.05, 0) is 54.2 Å². The Bertz CT molecular complexity index is 1000. The van der Waals surface area contributed by atoms with Gasteiger partial charge in [0.15, 0.2) is 0 Å². The van der Waals surface area contributed by atoms with Crippen LogP contribution in [0.2, 0.25) is 0 Å². The molecule has 178 valence electrons. The Labute approximate surface area is 189 Å². The van der Waals surface area contributed by atoms with E-state index in [2.05, 4.69) is 0 Å². The van der Waals surface area contributed by atoms with Gasteiger partial charge in [0.2, 0.25) is 0 Å². The zero-order chi connectivity index (χ0) is 23.8. The Kier molecular flexibility index (Phi) is 6.86. The maximum Gasteiger partial charge on any atom is 0.401 e. The molecule has 8 heteroatoms. The normalized spacial score (nSPS) is 21.6. The van der Waals surface area contributed by atoms with Gasteiger partial charge < -0.3 is 0 Å². The standard InChI is InChI=1S/C25H26F6N2/c1-16-9-19-5-2-3-6-20(19)24(33(16)15-25(29,30)31)23-21(27)11-17(12-22(23)28)10-18-13-32(14-18)8-4-7-26/h2-3,5-6,10-12,16,24H,4,7-9,13-15H2,1H3/t16-,24?/m1/s1. The third-order valence-electron chi connectivity index (χ3n) is 6.33. The Hall–Kier alpha value is -2.32. The molecule has 2 heterocycles. The lowest BCUT2D eigenvalue weighted by molar-refractivity contribution is -0.155. The summed E-state index contributed by atoms with van der Waals surface area (Å²) in [7, 11) is 0. The number of alkyl halides is 4. The van der Waals surface area contributed by atoms with E-state index in [4.69, 9.17) is 0 Å². The number of halogens is 6. The molecule has 0 radical (unpaired) electrons. The lowest BCUT2D eigenvalue weighted by Crippen LogP contribution is -2.47. The van der Waals surface area contributed by atoms with E-state index in [0.29, 0.717) is 43.6 Å². The summed E-state index contributed by atoms with van der Waals surface area (Å²) in [5, 5.41) is 0. The molecule has 0 spiro atoms. The average molecular weight is 468 g/mol. The Morgan fingerprint density at radius 1 is 1.06 bits per heavy atom. The van der Waals surface area contributed by atoms with E-state index in [1.807, 2.05) is 4.90 Å². The van der Waals surface area contributed by atoms with E-state index < -0.39 is 36.4 Å². The fraction of sp³-hybridized carbons (Fsp3) is 0.440. The number of hydrogen-bond donors (Lipinski definition) is 0. The summed E-state index contributed by atoms with van der Waals surface area (Å²) < 4.78 is 83.0. The van der Waals surface area contributed by atoms with Crippen LogP contribution in [-0.4, -0.2) is 54.9 Å². The van der Waals surface area contributed by atoms with Gasteiger partial charge in [-0.2, -0.15) is 13.2 Å². The van der Waals surface area contributed by atoms with Crippen LogP contribution in [-0.2, 0) is 6.42 Å². The summed E-state index contributed by atoms with van der Waals surface area (Å²) >= 11 is 0. The van der Waals surface area contributed by atoms with Gasteiger partial charge in [0.05, 0.1) is 19.3 Å². The largest absolute Gasteiger partial charge is 0.401 e. The first-order valence-corrected chi connectivity index (χ1v) is 11.0. The summed E-state index contributed by atoms with van der Waals surface area (Å²) in [6.07, 6.45) is -2.00. The molecule has 33 heavy (non-hydrogen) atoms. The van der Waals surface area contributed by atoms with E-state index >= 15 is 8.78 Å². The lowest BCUT2D eigenvalue weighted by atomic mass is 9.84. The van der Waals surface area contributed by atoms with Crippen molar-refractivity contribution in [2.45, 2.75) is 38.0 Å². The van der Waals surface area contributed by atoms with Crippen molar-refractivity contribution in [1.82, 2.24) is 9.80 Å². The minimum atomic E-state index is -4.51. The van der Waals surface area contributed by atoms with Crippen LogP contribution in [0.4, 0.5) is 26.3 Å². The van der Waals surface area contributed by atoms with E-state index in [0.717, 1.165) is 16.0 Å². The van der Waals surface area contributed by atoms with Crippen molar-refractivity contribution < 1.29 is 26.3 Å². The fourth-order valence-corrected chi connectivity index (χ4v) is 4.88. The van der Waals surface area contributed by atoms with Gasteiger partial charge in [-0.3, -0.25) is 14.2 Å². The summed E-state index contributed by atoms with van der Waals surface area (Å²) in [6.45, 7) is 1.85. The predicted octanol–water partition coefficient (Wildman–Crippen LogP) is 5.92. The van der Waals surface area contributed by atoms with Crippen molar-refractivity contribution in [3.8, 4) is 0 Å². The van der Waals surface area contributed by atoms with Crippen LogP contribution in [0, 0.1) is 11.6 Å². The molecule has 2 aromatic rings. The molecule has 4 rings (SSSR count). The number of fused-ring (bicyclic) bond motifs is 1. The van der Waals surface area contributed by atoms with Crippen molar-refractivity contribution in [2.75, 3.05) is 32.9 Å². The van der Waals surface area contributed by atoms with Crippen LogP contribution in [0.3, 0.4) is 0 Å². The Balaban J connectivity index is 1.67. The highest BCUT2D eigenvalue weighted by atomic mass is 19.4. The third kappa shape index (κ3) is 5.27. The molecule has 0 bridgehead atoms. The number of benzene rings is 2. The fourth-order valence-electron chi connectivity index (χ4n) is 4.88. The van der Waals surface area contributed by atoms with E-state index in [-0.39, 0.29) is 12.2 Å². The van der Waals surface area contributed by atoms with Crippen molar-refractivity contribution in [2.24, 2.45) is 0 Å². The van der Waals surface area contributed by atoms with Crippen LogP contribution in [0.5, 0.6) is 0 Å². The third-order valence-corrected chi connectivity index (χ3v) is 6.33. The smallest absolute Gasteiger partial charge is 0.295 e. The number of rotatable bonds is 6. The Morgan fingerprint density at radius 3 is 2.36 bits per heavy atom. The summed E-state index contributed by atoms with van der Waals surface area (Å²) in [5.41, 5.74) is 2.22. The van der Waals surface area contributed by atoms with Crippen molar-refractivity contribution >= 4 is 6.08 Å². The molecule has 1 unspecified atom stereocenters. The summed E-state index contributed by atoms with van der Waals surface area (Å²) in [4.78, 5) is 3.17. The molecule has 2 atom stereocenters. The second-order valence-electron chi connectivity index (χ2n) is 8.90. The average Bonchev–Trinajstić information content (AvgIpc) is 2.70. The van der Waals surface area contributed by atoms with E-state index in [1.54, 1.807) is 37.3 Å². The van der Waals surface area contributed by atoms with Gasteiger partial charge in [0, 0.05) is 31.2 Å². The SMILES string of the molecule is C[C@@H]1Cc2ccccc2C(c2c(F)cc(C=C3CN(CCCF)C3)cc2F)N1CC(F)(F)F. The highest BCUT2D eigenvalue weighted by Gasteiger charge is 2.42. The molecule has 0 saturated carbocycles. The lowest BCUT2D eigenvalue weighted by Gasteiger charge is -2.42. The second kappa shape index (κ2) is 9.50. The van der Waals surface area contributed by atoms with Crippen molar-refractivity contribution in [1.29, 1.82) is 0 Å². The molecule has 0 N–H and O–H groups in total. The maximum absolute atomic E-state index is 15.3. The molecule has 1 fully saturated rings. The molecule has 0 aromatic heterocycles.